The average Bonchev–Trinajstić information content (AvgIpc) is 3.44. The molecule has 2 N–H and O–H groups in total. The van der Waals surface area contributed by atoms with Gasteiger partial charge in [0.25, 0.3) is 0 Å². The monoisotopic (exact) mass is 440 g/mol. The first-order chi connectivity index (χ1) is 15.6. The molecule has 1 aliphatic rings. The Morgan fingerprint density at radius 1 is 0.906 bits per heavy atom. The van der Waals surface area contributed by atoms with E-state index in [2.05, 4.69) is 25.8 Å². The zero-order valence-corrected chi connectivity index (χ0v) is 17.8. The maximum atomic E-state index is 11.3. The number of para-hydroxylation sites is 1. The van der Waals surface area contributed by atoms with Gasteiger partial charge >= 0.3 is 5.97 Å². The van der Waals surface area contributed by atoms with Crippen molar-refractivity contribution in [2.45, 2.75) is 12.1 Å². The summed E-state index contributed by atoms with van der Waals surface area (Å²) in [6.45, 7) is 0. The van der Waals surface area contributed by atoms with Gasteiger partial charge in [0.1, 0.15) is 6.04 Å². The van der Waals surface area contributed by atoms with Gasteiger partial charge in [-0.3, -0.25) is 4.98 Å². The summed E-state index contributed by atoms with van der Waals surface area (Å²) in [5.74, 6) is -0.944. The molecule has 4 aromatic rings. The number of hydrogen-bond donors (Lipinski definition) is 2. The summed E-state index contributed by atoms with van der Waals surface area (Å²) in [5.41, 5.74) is 4.03. The van der Waals surface area contributed by atoms with Crippen LogP contribution in [0, 0.1) is 0 Å². The zero-order chi connectivity index (χ0) is 22.1. The number of anilines is 1. The smallest absolute Gasteiger partial charge is 0.335 e. The minimum atomic E-state index is -0.944. The number of pyridine rings is 1. The number of rotatable bonds is 5. The maximum Gasteiger partial charge on any atom is 0.335 e. The normalized spacial score (nSPS) is 17.9. The van der Waals surface area contributed by atoms with Gasteiger partial charge in [0.05, 0.1) is 17.3 Å². The lowest BCUT2D eigenvalue weighted by atomic mass is 10.0. The van der Waals surface area contributed by atoms with Gasteiger partial charge in [0, 0.05) is 29.5 Å². The van der Waals surface area contributed by atoms with E-state index in [1.165, 1.54) is 0 Å². The lowest BCUT2D eigenvalue weighted by Gasteiger charge is -2.29. The second-order valence-electron chi connectivity index (χ2n) is 7.49. The van der Waals surface area contributed by atoms with E-state index in [1.54, 1.807) is 18.3 Å². The van der Waals surface area contributed by atoms with Gasteiger partial charge in [0.2, 0.25) is 0 Å². The van der Waals surface area contributed by atoms with Crippen LogP contribution in [-0.4, -0.2) is 25.7 Å². The molecule has 0 spiro atoms. The lowest BCUT2D eigenvalue weighted by molar-refractivity contribution is 0.0697. The fourth-order valence-electron chi connectivity index (χ4n) is 4.16. The number of aromatic nitrogens is 2. The highest BCUT2D eigenvalue weighted by atomic mass is 32.1. The van der Waals surface area contributed by atoms with E-state index in [-0.39, 0.29) is 17.6 Å². The average molecular weight is 441 g/mol. The Balaban J connectivity index is 1.63. The van der Waals surface area contributed by atoms with E-state index in [9.17, 15) is 9.90 Å². The molecule has 2 aromatic heterocycles. The van der Waals surface area contributed by atoms with Crippen LogP contribution < -0.4 is 10.2 Å². The quantitative estimate of drug-likeness (QED) is 0.437. The molecule has 2 atom stereocenters. The topological polar surface area (TPSA) is 70.4 Å². The van der Waals surface area contributed by atoms with Crippen molar-refractivity contribution in [2.75, 3.05) is 4.90 Å². The van der Waals surface area contributed by atoms with Crippen LogP contribution in [0.25, 0.3) is 5.69 Å². The molecule has 0 radical (unpaired) electrons. The van der Waals surface area contributed by atoms with E-state index < -0.39 is 5.97 Å². The first-order valence-electron chi connectivity index (χ1n) is 10.2. The van der Waals surface area contributed by atoms with Crippen molar-refractivity contribution in [3.63, 3.8) is 0 Å². The number of carboxylic acids is 1. The van der Waals surface area contributed by atoms with Gasteiger partial charge in [0.15, 0.2) is 5.11 Å². The second-order valence-corrected chi connectivity index (χ2v) is 7.87. The molecule has 6 nitrogen and oxygen atoms in total. The van der Waals surface area contributed by atoms with Crippen molar-refractivity contribution in [1.82, 2.24) is 14.9 Å². The van der Waals surface area contributed by atoms with Crippen molar-refractivity contribution in [3.05, 3.63) is 114 Å². The Kier molecular flexibility index (Phi) is 5.17. The van der Waals surface area contributed by atoms with Crippen LogP contribution in [0.4, 0.5) is 5.69 Å². The summed E-state index contributed by atoms with van der Waals surface area (Å²) >= 11 is 5.77. The minimum absolute atomic E-state index is 0.157. The number of hydrogen-bond acceptors (Lipinski definition) is 3. The Hall–Kier alpha value is -3.97. The van der Waals surface area contributed by atoms with E-state index in [1.807, 2.05) is 72.9 Å². The van der Waals surface area contributed by atoms with Crippen LogP contribution in [0.1, 0.15) is 33.8 Å². The molecule has 158 valence electrons. The molecule has 0 bridgehead atoms. The predicted molar refractivity (Wildman–Crippen MR) is 127 cm³/mol. The van der Waals surface area contributed by atoms with E-state index in [0.29, 0.717) is 5.11 Å². The van der Waals surface area contributed by atoms with Crippen LogP contribution in [-0.2, 0) is 0 Å². The number of nitrogens with zero attached hydrogens (tertiary/aromatic N) is 3. The summed E-state index contributed by atoms with van der Waals surface area (Å²) in [6.07, 6.45) is 3.76. The largest absolute Gasteiger partial charge is 0.478 e. The standard InChI is InChI=1S/C25H20N4O2S/c30-24(31)17-11-13-18(14-12-17)28-16-6-10-21(28)23-22(20-9-4-5-15-26-20)27-25(32)29(23)19-7-2-1-3-8-19/h1-16,22-23H,(H,27,32)(H,30,31)/t22-,23+/m0/s1. The fourth-order valence-corrected chi connectivity index (χ4v) is 4.50. The highest BCUT2D eigenvalue weighted by Crippen LogP contribution is 2.42. The molecule has 1 saturated heterocycles. The molecular formula is C25H20N4O2S. The van der Waals surface area contributed by atoms with Gasteiger partial charge < -0.3 is 19.9 Å². The number of nitrogens with one attached hydrogen (secondary N) is 1. The SMILES string of the molecule is O=C(O)c1ccc(-n2cccc2[C@@H]2[C@H](c3ccccn3)NC(=S)N2c2ccccc2)cc1. The first kappa shape index (κ1) is 20.0. The summed E-state index contributed by atoms with van der Waals surface area (Å²) < 4.78 is 2.07. The number of thiocarbonyl (C=S) groups is 1. The van der Waals surface area contributed by atoms with Crippen LogP contribution in [0.15, 0.2) is 97.3 Å². The van der Waals surface area contributed by atoms with Crippen molar-refractivity contribution in [3.8, 4) is 5.69 Å². The molecule has 2 aromatic carbocycles. The van der Waals surface area contributed by atoms with Gasteiger partial charge in [-0.1, -0.05) is 24.3 Å². The fraction of sp³-hybridized carbons (Fsp3) is 0.0800. The summed E-state index contributed by atoms with van der Waals surface area (Å²) in [5, 5.41) is 13.3. The van der Waals surface area contributed by atoms with Gasteiger partial charge in [-0.15, -0.1) is 0 Å². The third-order valence-corrected chi connectivity index (χ3v) is 5.92. The minimum Gasteiger partial charge on any atom is -0.478 e. The van der Waals surface area contributed by atoms with E-state index in [4.69, 9.17) is 12.2 Å². The molecule has 7 heteroatoms. The molecule has 32 heavy (non-hydrogen) atoms. The molecule has 0 unspecified atom stereocenters. The van der Waals surface area contributed by atoms with Crippen molar-refractivity contribution < 1.29 is 9.90 Å². The van der Waals surface area contributed by atoms with E-state index >= 15 is 0 Å². The van der Waals surface area contributed by atoms with Crippen molar-refractivity contribution in [2.24, 2.45) is 0 Å². The molecule has 1 aliphatic heterocycles. The zero-order valence-electron chi connectivity index (χ0n) is 17.0. The van der Waals surface area contributed by atoms with Gasteiger partial charge in [-0.25, -0.2) is 4.79 Å². The van der Waals surface area contributed by atoms with E-state index in [0.717, 1.165) is 22.8 Å². The Bertz CT molecular complexity index is 1260. The number of carbonyl (C=O) groups is 1. The molecular weight excluding hydrogens is 420 g/mol. The molecule has 0 saturated carbocycles. The molecule has 0 amide bonds. The second kappa shape index (κ2) is 8.28. The Labute approximate surface area is 190 Å². The van der Waals surface area contributed by atoms with Crippen LogP contribution >= 0.6 is 12.2 Å². The summed E-state index contributed by atoms with van der Waals surface area (Å²) in [6, 6.07) is 26.5. The first-order valence-corrected chi connectivity index (χ1v) is 10.6. The third kappa shape index (κ3) is 3.52. The number of benzene rings is 2. The van der Waals surface area contributed by atoms with Crippen molar-refractivity contribution >= 4 is 29.0 Å². The van der Waals surface area contributed by atoms with Crippen LogP contribution in [0.3, 0.4) is 0 Å². The summed E-state index contributed by atoms with van der Waals surface area (Å²) in [7, 11) is 0. The summed E-state index contributed by atoms with van der Waals surface area (Å²) in [4.78, 5) is 18.0. The highest BCUT2D eigenvalue weighted by Gasteiger charge is 2.42. The molecule has 1 fully saturated rings. The highest BCUT2D eigenvalue weighted by molar-refractivity contribution is 7.80. The van der Waals surface area contributed by atoms with Crippen LogP contribution in [0.2, 0.25) is 0 Å². The number of aromatic carboxylic acids is 1. The third-order valence-electron chi connectivity index (χ3n) is 5.61. The molecule has 5 rings (SSSR count). The van der Waals surface area contributed by atoms with Crippen molar-refractivity contribution in [1.29, 1.82) is 0 Å². The molecule has 0 aliphatic carbocycles. The van der Waals surface area contributed by atoms with Crippen LogP contribution in [0.5, 0.6) is 0 Å². The molecule has 3 heterocycles. The predicted octanol–water partition coefficient (Wildman–Crippen LogP) is 4.75. The van der Waals surface area contributed by atoms with Gasteiger partial charge in [-0.2, -0.15) is 0 Å². The Morgan fingerprint density at radius 3 is 2.34 bits per heavy atom. The maximum absolute atomic E-state index is 11.3. The van der Waals surface area contributed by atoms with Gasteiger partial charge in [-0.05, 0) is 72.9 Å². The number of carboxylic acid groups (broad SMARTS) is 1. The lowest BCUT2D eigenvalue weighted by Crippen LogP contribution is -2.30. The Morgan fingerprint density at radius 2 is 1.66 bits per heavy atom.